The van der Waals surface area contributed by atoms with Crippen LogP contribution in [0.15, 0.2) is 0 Å². The van der Waals surface area contributed by atoms with E-state index in [2.05, 4.69) is 9.47 Å². The van der Waals surface area contributed by atoms with Gasteiger partial charge in [-0.1, -0.05) is 0 Å². The maximum atomic E-state index is 11.8. The zero-order valence-corrected chi connectivity index (χ0v) is 6.23. The van der Waals surface area contributed by atoms with E-state index in [9.17, 15) is 13.2 Å². The van der Waals surface area contributed by atoms with Gasteiger partial charge in [0.15, 0.2) is 0 Å². The Kier molecular flexibility index (Phi) is 6.25. The minimum Gasteiger partial charge on any atom is -0.376 e. The van der Waals surface area contributed by atoms with Crippen LogP contribution in [0.1, 0.15) is 0 Å². The molecule has 0 aliphatic heterocycles. The Labute approximate surface area is 63.3 Å². The summed E-state index contributed by atoms with van der Waals surface area (Å²) < 4.78 is 43.6. The van der Waals surface area contributed by atoms with Crippen molar-refractivity contribution >= 4 is 0 Å². The summed E-state index contributed by atoms with van der Waals surface area (Å²) in [6, 6.07) is 0. The SMILES string of the molecule is COC(CF)COCC(F)F. The lowest BCUT2D eigenvalue weighted by atomic mass is 10.4. The van der Waals surface area contributed by atoms with Crippen LogP contribution in [0.5, 0.6) is 0 Å². The summed E-state index contributed by atoms with van der Waals surface area (Å²) in [6.07, 6.45) is -3.24. The Balaban J connectivity index is 3.21. The highest BCUT2D eigenvalue weighted by Crippen LogP contribution is 1.96. The van der Waals surface area contributed by atoms with E-state index in [1.807, 2.05) is 0 Å². The van der Waals surface area contributed by atoms with E-state index in [0.717, 1.165) is 0 Å². The van der Waals surface area contributed by atoms with Crippen LogP contribution in [0.2, 0.25) is 0 Å². The van der Waals surface area contributed by atoms with Gasteiger partial charge in [0.25, 0.3) is 6.43 Å². The molecule has 1 atom stereocenters. The molecule has 0 rings (SSSR count). The highest BCUT2D eigenvalue weighted by Gasteiger charge is 2.08. The number of hydrogen-bond donors (Lipinski definition) is 0. The highest BCUT2D eigenvalue weighted by atomic mass is 19.3. The van der Waals surface area contributed by atoms with Crippen LogP contribution in [-0.2, 0) is 9.47 Å². The summed E-state index contributed by atoms with van der Waals surface area (Å²) in [7, 11) is 1.30. The van der Waals surface area contributed by atoms with Crippen LogP contribution in [0.3, 0.4) is 0 Å². The Morgan fingerprint density at radius 3 is 2.27 bits per heavy atom. The molecule has 0 aliphatic carbocycles. The first-order valence-electron chi connectivity index (χ1n) is 3.15. The largest absolute Gasteiger partial charge is 0.376 e. The van der Waals surface area contributed by atoms with E-state index < -0.39 is 25.8 Å². The highest BCUT2D eigenvalue weighted by molar-refractivity contribution is 4.52. The van der Waals surface area contributed by atoms with Gasteiger partial charge in [0.1, 0.15) is 19.4 Å². The Bertz CT molecular complexity index is 85.9. The van der Waals surface area contributed by atoms with Crippen molar-refractivity contribution in [2.75, 3.05) is 27.0 Å². The normalized spacial score (nSPS) is 13.9. The molecule has 0 radical (unpaired) electrons. The van der Waals surface area contributed by atoms with Gasteiger partial charge in [0.05, 0.1) is 6.61 Å². The van der Waals surface area contributed by atoms with Crippen molar-refractivity contribution in [3.8, 4) is 0 Å². The number of rotatable bonds is 6. The van der Waals surface area contributed by atoms with Crippen LogP contribution >= 0.6 is 0 Å². The third kappa shape index (κ3) is 6.12. The van der Waals surface area contributed by atoms with Gasteiger partial charge < -0.3 is 9.47 Å². The molecule has 1 unspecified atom stereocenters. The van der Waals surface area contributed by atoms with Crippen molar-refractivity contribution < 1.29 is 22.6 Å². The van der Waals surface area contributed by atoms with Gasteiger partial charge in [0.2, 0.25) is 0 Å². The maximum absolute atomic E-state index is 11.8. The van der Waals surface area contributed by atoms with Gasteiger partial charge in [-0.3, -0.25) is 0 Å². The molecule has 0 amide bonds. The molecule has 0 spiro atoms. The van der Waals surface area contributed by atoms with Crippen molar-refractivity contribution in [1.82, 2.24) is 0 Å². The van der Waals surface area contributed by atoms with E-state index in [0.29, 0.717) is 0 Å². The quantitative estimate of drug-likeness (QED) is 0.600. The summed E-state index contributed by atoms with van der Waals surface area (Å²) in [5.41, 5.74) is 0. The van der Waals surface area contributed by atoms with Crippen molar-refractivity contribution in [2.24, 2.45) is 0 Å². The maximum Gasteiger partial charge on any atom is 0.261 e. The second-order valence-electron chi connectivity index (χ2n) is 1.94. The molecule has 0 N–H and O–H groups in total. The predicted molar refractivity (Wildman–Crippen MR) is 33.6 cm³/mol. The lowest BCUT2D eigenvalue weighted by Crippen LogP contribution is -2.22. The van der Waals surface area contributed by atoms with Gasteiger partial charge in [-0.2, -0.15) is 0 Å². The van der Waals surface area contributed by atoms with Crippen LogP contribution < -0.4 is 0 Å². The zero-order chi connectivity index (χ0) is 8.69. The van der Waals surface area contributed by atoms with Crippen molar-refractivity contribution in [1.29, 1.82) is 0 Å². The topological polar surface area (TPSA) is 18.5 Å². The standard InChI is InChI=1S/C6H11F3O2/c1-10-5(2-7)3-11-4-6(8)9/h5-6H,2-4H2,1H3. The van der Waals surface area contributed by atoms with Gasteiger partial charge in [0, 0.05) is 7.11 Å². The van der Waals surface area contributed by atoms with Gasteiger partial charge >= 0.3 is 0 Å². The zero-order valence-electron chi connectivity index (χ0n) is 6.23. The van der Waals surface area contributed by atoms with E-state index in [-0.39, 0.29) is 6.61 Å². The van der Waals surface area contributed by atoms with Crippen LogP contribution in [0.4, 0.5) is 13.2 Å². The van der Waals surface area contributed by atoms with Crippen LogP contribution in [0, 0.1) is 0 Å². The Morgan fingerprint density at radius 1 is 1.27 bits per heavy atom. The fourth-order valence-electron chi connectivity index (χ4n) is 0.464. The second-order valence-corrected chi connectivity index (χ2v) is 1.94. The molecular formula is C6H11F3O2. The number of methoxy groups -OCH3 is 1. The van der Waals surface area contributed by atoms with Crippen molar-refractivity contribution in [3.05, 3.63) is 0 Å². The number of alkyl halides is 3. The minimum atomic E-state index is -2.51. The van der Waals surface area contributed by atoms with Crippen molar-refractivity contribution in [2.45, 2.75) is 12.5 Å². The molecule has 11 heavy (non-hydrogen) atoms. The molecule has 0 aromatic carbocycles. The molecule has 0 saturated heterocycles. The summed E-state index contributed by atoms with van der Waals surface area (Å²) in [5, 5.41) is 0. The molecule has 5 heteroatoms. The average molecular weight is 172 g/mol. The van der Waals surface area contributed by atoms with Gasteiger partial charge in [-0.05, 0) is 0 Å². The third-order valence-electron chi connectivity index (χ3n) is 1.05. The molecule has 0 aromatic rings. The molecule has 0 bridgehead atoms. The van der Waals surface area contributed by atoms with Crippen LogP contribution in [-0.4, -0.2) is 39.5 Å². The average Bonchev–Trinajstić information content (AvgIpc) is 1.98. The van der Waals surface area contributed by atoms with E-state index in [4.69, 9.17) is 0 Å². The molecule has 0 aliphatic rings. The molecular weight excluding hydrogens is 161 g/mol. The van der Waals surface area contributed by atoms with E-state index in [1.54, 1.807) is 0 Å². The number of halogens is 3. The minimum absolute atomic E-state index is 0.128. The summed E-state index contributed by atoms with van der Waals surface area (Å²) in [6.45, 7) is -1.52. The lowest BCUT2D eigenvalue weighted by molar-refractivity contribution is -0.0391. The summed E-state index contributed by atoms with van der Waals surface area (Å²) >= 11 is 0. The Hall–Kier alpha value is -0.290. The molecule has 0 fully saturated rings. The predicted octanol–water partition coefficient (Wildman–Crippen LogP) is 1.25. The Morgan fingerprint density at radius 2 is 1.91 bits per heavy atom. The first kappa shape index (κ1) is 10.7. The number of ether oxygens (including phenoxy) is 2. The van der Waals surface area contributed by atoms with Gasteiger partial charge in [-0.25, -0.2) is 13.2 Å². The first-order valence-corrected chi connectivity index (χ1v) is 3.15. The molecule has 0 saturated carbocycles. The van der Waals surface area contributed by atoms with Gasteiger partial charge in [-0.15, -0.1) is 0 Å². The fourth-order valence-corrected chi connectivity index (χ4v) is 0.464. The third-order valence-corrected chi connectivity index (χ3v) is 1.05. The molecule has 0 aromatic heterocycles. The first-order chi connectivity index (χ1) is 5.20. The smallest absolute Gasteiger partial charge is 0.261 e. The lowest BCUT2D eigenvalue weighted by Gasteiger charge is -2.10. The second kappa shape index (κ2) is 6.42. The van der Waals surface area contributed by atoms with E-state index >= 15 is 0 Å². The van der Waals surface area contributed by atoms with Crippen molar-refractivity contribution in [3.63, 3.8) is 0 Å². The molecule has 2 nitrogen and oxygen atoms in total. The fraction of sp³-hybridized carbons (Fsp3) is 1.00. The number of hydrogen-bond acceptors (Lipinski definition) is 2. The molecule has 0 heterocycles. The monoisotopic (exact) mass is 172 g/mol. The summed E-state index contributed by atoms with van der Waals surface area (Å²) in [4.78, 5) is 0. The summed E-state index contributed by atoms with van der Waals surface area (Å²) in [5.74, 6) is 0. The molecule has 68 valence electrons. The van der Waals surface area contributed by atoms with Crippen LogP contribution in [0.25, 0.3) is 0 Å². The van der Waals surface area contributed by atoms with E-state index in [1.165, 1.54) is 7.11 Å².